The van der Waals surface area contributed by atoms with E-state index in [0.717, 1.165) is 19.3 Å². The van der Waals surface area contributed by atoms with Crippen molar-refractivity contribution in [3.63, 3.8) is 0 Å². The monoisotopic (exact) mass is 346 g/mol. The molecule has 0 aromatic rings. The molecule has 0 amide bonds. The van der Waals surface area contributed by atoms with E-state index >= 15 is 0 Å². The molecule has 5 heteroatoms. The van der Waals surface area contributed by atoms with Crippen LogP contribution in [0, 0.1) is 5.41 Å². The summed E-state index contributed by atoms with van der Waals surface area (Å²) < 4.78 is 0. The van der Waals surface area contributed by atoms with Crippen LogP contribution in [0.25, 0.3) is 0 Å². The average molecular weight is 347 g/mol. The minimum Gasteiger partial charge on any atom is -0.393 e. The molecule has 1 N–H and O–H groups in total. The van der Waals surface area contributed by atoms with Crippen LogP contribution in [-0.4, -0.2) is 22.8 Å². The number of aliphatic hydroxyl groups excluding tert-OH is 1. The summed E-state index contributed by atoms with van der Waals surface area (Å²) in [6, 6.07) is 0. The third-order valence-electron chi connectivity index (χ3n) is 3.73. The zero-order valence-corrected chi connectivity index (χ0v) is 16.5. The fourth-order valence-electron chi connectivity index (χ4n) is 2.57. The first-order valence-electron chi connectivity index (χ1n) is 9.25. The summed E-state index contributed by atoms with van der Waals surface area (Å²) in [5.74, 6) is -0.421. The predicted octanol–water partition coefficient (Wildman–Crippen LogP) is 5.11. The van der Waals surface area contributed by atoms with E-state index in [1.54, 1.807) is 20.8 Å². The Morgan fingerprint density at radius 1 is 0.958 bits per heavy atom. The molecular formula is C19H38O5. The Morgan fingerprint density at radius 2 is 1.50 bits per heavy atom. The van der Waals surface area contributed by atoms with Crippen LogP contribution in [0.4, 0.5) is 0 Å². The molecule has 0 radical (unpaired) electrons. The van der Waals surface area contributed by atoms with Gasteiger partial charge in [-0.05, 0) is 44.1 Å². The van der Waals surface area contributed by atoms with Crippen molar-refractivity contribution in [3.05, 3.63) is 0 Å². The van der Waals surface area contributed by atoms with Gasteiger partial charge in [-0.1, -0.05) is 52.9 Å². The Kier molecular flexibility index (Phi) is 11.5. The van der Waals surface area contributed by atoms with E-state index < -0.39 is 17.7 Å². The van der Waals surface area contributed by atoms with Gasteiger partial charge in [0, 0.05) is 12.8 Å². The second kappa shape index (κ2) is 11.8. The van der Waals surface area contributed by atoms with Crippen LogP contribution in [0.2, 0.25) is 0 Å². The zero-order chi connectivity index (χ0) is 18.6. The lowest BCUT2D eigenvalue weighted by Crippen LogP contribution is -2.29. The first-order valence-corrected chi connectivity index (χ1v) is 9.25. The van der Waals surface area contributed by atoms with Gasteiger partial charge in [-0.25, -0.2) is 4.79 Å². The number of rotatable bonds is 13. The number of carbonyl (C=O) groups excluding carboxylic acids is 1. The third-order valence-corrected chi connectivity index (χ3v) is 3.73. The Bertz CT molecular complexity index is 331. The van der Waals surface area contributed by atoms with Crippen LogP contribution in [-0.2, 0) is 19.6 Å². The second-order valence-corrected chi connectivity index (χ2v) is 8.60. The lowest BCUT2D eigenvalue weighted by atomic mass is 9.89. The van der Waals surface area contributed by atoms with Crippen molar-refractivity contribution in [3.8, 4) is 0 Å². The molecule has 0 aliphatic rings. The molecule has 0 fully saturated rings. The van der Waals surface area contributed by atoms with Crippen LogP contribution in [0.1, 0.15) is 99.3 Å². The standard InChI is InChI=1S/C19H38O5/c1-16(20)15-19(5,6)23-24-22-17(21)13-11-9-7-8-10-12-14-18(2,3)4/h16,20H,7-15H2,1-6H3. The molecule has 0 rings (SSSR count). The van der Waals surface area contributed by atoms with Gasteiger partial charge in [0.15, 0.2) is 0 Å². The van der Waals surface area contributed by atoms with E-state index in [-0.39, 0.29) is 0 Å². The van der Waals surface area contributed by atoms with Crippen LogP contribution in [0.15, 0.2) is 0 Å². The van der Waals surface area contributed by atoms with Gasteiger partial charge in [0.2, 0.25) is 0 Å². The zero-order valence-electron chi connectivity index (χ0n) is 16.5. The van der Waals surface area contributed by atoms with E-state index in [1.807, 2.05) is 0 Å². The van der Waals surface area contributed by atoms with Gasteiger partial charge < -0.3 is 5.11 Å². The summed E-state index contributed by atoms with van der Waals surface area (Å²) in [7, 11) is 0. The Hall–Kier alpha value is -0.650. The molecule has 5 nitrogen and oxygen atoms in total. The highest BCUT2D eigenvalue weighted by atomic mass is 17.5. The first-order chi connectivity index (χ1) is 11.0. The highest BCUT2D eigenvalue weighted by Gasteiger charge is 2.23. The summed E-state index contributed by atoms with van der Waals surface area (Å²) in [4.78, 5) is 21.1. The van der Waals surface area contributed by atoms with E-state index in [0.29, 0.717) is 18.3 Å². The molecule has 0 bridgehead atoms. The average Bonchev–Trinajstić information content (AvgIpc) is 2.38. The van der Waals surface area contributed by atoms with Crippen LogP contribution >= 0.6 is 0 Å². The van der Waals surface area contributed by atoms with Crippen LogP contribution in [0.5, 0.6) is 0 Å². The van der Waals surface area contributed by atoms with Crippen molar-refractivity contribution < 1.29 is 24.7 Å². The first kappa shape index (κ1) is 23.4. The van der Waals surface area contributed by atoms with E-state index in [2.05, 4.69) is 30.7 Å². The minimum atomic E-state index is -0.707. The molecule has 144 valence electrons. The summed E-state index contributed by atoms with van der Waals surface area (Å²) in [6.07, 6.45) is 8.22. The second-order valence-electron chi connectivity index (χ2n) is 8.60. The molecule has 0 saturated carbocycles. The molecule has 1 unspecified atom stereocenters. The van der Waals surface area contributed by atoms with Crippen molar-refractivity contribution in [1.29, 1.82) is 0 Å². The Balaban J connectivity index is 3.51. The smallest absolute Gasteiger partial charge is 0.345 e. The molecule has 0 aromatic heterocycles. The number of hydrogen-bond donors (Lipinski definition) is 1. The van der Waals surface area contributed by atoms with Crippen molar-refractivity contribution >= 4 is 5.97 Å². The fourth-order valence-corrected chi connectivity index (χ4v) is 2.57. The van der Waals surface area contributed by atoms with E-state index in [9.17, 15) is 9.90 Å². The van der Waals surface area contributed by atoms with Gasteiger partial charge in [0.05, 0.1) is 6.10 Å². The van der Waals surface area contributed by atoms with Gasteiger partial charge in [0.1, 0.15) is 5.60 Å². The lowest BCUT2D eigenvalue weighted by Gasteiger charge is -2.23. The van der Waals surface area contributed by atoms with Crippen molar-refractivity contribution in [1.82, 2.24) is 0 Å². The highest BCUT2D eigenvalue weighted by Crippen LogP contribution is 2.22. The topological polar surface area (TPSA) is 65.0 Å². The quantitative estimate of drug-likeness (QED) is 0.285. The number of hydrogen-bond acceptors (Lipinski definition) is 5. The molecular weight excluding hydrogens is 308 g/mol. The van der Waals surface area contributed by atoms with Crippen molar-refractivity contribution in [2.45, 2.75) is 111 Å². The van der Waals surface area contributed by atoms with E-state index in [4.69, 9.17) is 4.89 Å². The largest absolute Gasteiger partial charge is 0.393 e. The fraction of sp³-hybridized carbons (Fsp3) is 0.947. The van der Waals surface area contributed by atoms with Crippen LogP contribution in [0.3, 0.4) is 0 Å². The van der Waals surface area contributed by atoms with Gasteiger partial charge >= 0.3 is 5.97 Å². The van der Waals surface area contributed by atoms with Crippen molar-refractivity contribution in [2.75, 3.05) is 0 Å². The molecule has 0 saturated heterocycles. The van der Waals surface area contributed by atoms with Gasteiger partial charge in [0.25, 0.3) is 0 Å². The van der Waals surface area contributed by atoms with Crippen LogP contribution < -0.4 is 0 Å². The maximum absolute atomic E-state index is 11.5. The predicted molar refractivity (Wildman–Crippen MR) is 95.0 cm³/mol. The van der Waals surface area contributed by atoms with E-state index in [1.165, 1.54) is 25.7 Å². The normalized spacial score (nSPS) is 13.8. The summed E-state index contributed by atoms with van der Waals surface area (Å²) >= 11 is 0. The minimum absolute atomic E-state index is 0.335. The maximum atomic E-state index is 11.5. The SMILES string of the molecule is CC(O)CC(C)(C)OOOC(=O)CCCCCCCCC(C)(C)C. The molecule has 0 aliphatic heterocycles. The van der Waals surface area contributed by atoms with Gasteiger partial charge in [-0.3, -0.25) is 4.89 Å². The highest BCUT2D eigenvalue weighted by molar-refractivity contribution is 5.68. The number of unbranched alkanes of at least 4 members (excludes halogenated alkanes) is 5. The number of aliphatic hydroxyl groups is 1. The summed E-state index contributed by atoms with van der Waals surface area (Å²) in [5, 5.41) is 13.9. The third kappa shape index (κ3) is 16.2. The lowest BCUT2D eigenvalue weighted by molar-refractivity contribution is -0.518. The Morgan fingerprint density at radius 3 is 2.04 bits per heavy atom. The summed E-state index contributed by atoms with van der Waals surface area (Å²) in [5.41, 5.74) is -0.281. The van der Waals surface area contributed by atoms with Gasteiger partial charge in [-0.15, -0.1) is 0 Å². The molecule has 0 heterocycles. The summed E-state index contributed by atoms with van der Waals surface area (Å²) in [6.45, 7) is 12.0. The Labute approximate surface area is 147 Å². The van der Waals surface area contributed by atoms with Gasteiger partial charge in [-0.2, -0.15) is 4.89 Å². The molecule has 24 heavy (non-hydrogen) atoms. The molecule has 0 aliphatic carbocycles. The number of carbonyl (C=O) groups is 1. The maximum Gasteiger partial charge on any atom is 0.345 e. The molecule has 0 spiro atoms. The molecule has 0 aromatic carbocycles. The van der Waals surface area contributed by atoms with Crippen molar-refractivity contribution in [2.24, 2.45) is 5.41 Å². The molecule has 1 atom stereocenters.